The van der Waals surface area contributed by atoms with Crippen molar-refractivity contribution >= 4 is 44.0 Å². The van der Waals surface area contributed by atoms with Gasteiger partial charge in [-0.15, -0.1) is 0 Å². The van der Waals surface area contributed by atoms with Gasteiger partial charge in [-0.05, 0) is 30.0 Å². The molecule has 0 unspecified atom stereocenters. The van der Waals surface area contributed by atoms with Crippen molar-refractivity contribution in [2.24, 2.45) is 0 Å². The first-order valence-corrected chi connectivity index (χ1v) is 8.84. The summed E-state index contributed by atoms with van der Waals surface area (Å²) in [7, 11) is 0. The first-order valence-electron chi connectivity index (χ1n) is 8.84. The van der Waals surface area contributed by atoms with Gasteiger partial charge in [-0.3, -0.25) is 0 Å². The molecule has 0 aliphatic carbocycles. The molecule has 0 atom stereocenters. The minimum Gasteiger partial charge on any atom is -0.354 e. The lowest BCUT2D eigenvalue weighted by molar-refractivity contribution is 1.44. The van der Waals surface area contributed by atoms with Crippen LogP contribution >= 0.6 is 0 Å². The highest BCUT2D eigenvalue weighted by Crippen LogP contribution is 2.36. The summed E-state index contributed by atoms with van der Waals surface area (Å²) in [6, 6.07) is 29.5. The average molecular weight is 334 g/mol. The molecule has 26 heavy (non-hydrogen) atoms. The van der Waals surface area contributed by atoms with E-state index < -0.39 is 0 Å². The molecule has 5 aromatic rings. The number of para-hydroxylation sites is 2. The standard InChI is InChI=1S/C24H18N2/c1-16-8-2-6-12-21(16)25-24-19-11-5-7-13-22(19)26-23-18-10-4-3-9-17(18)14-15-20(23)24/h2-15H,1H3,(H,25,26). The van der Waals surface area contributed by atoms with Crippen LogP contribution < -0.4 is 5.32 Å². The number of nitrogens with one attached hydrogen (secondary N) is 1. The van der Waals surface area contributed by atoms with E-state index in [0.717, 1.165) is 33.2 Å². The predicted molar refractivity (Wildman–Crippen MR) is 111 cm³/mol. The van der Waals surface area contributed by atoms with Crippen molar-refractivity contribution in [3.05, 3.63) is 90.5 Å². The van der Waals surface area contributed by atoms with E-state index in [0.29, 0.717) is 0 Å². The van der Waals surface area contributed by atoms with Crippen LogP contribution in [0.5, 0.6) is 0 Å². The van der Waals surface area contributed by atoms with Gasteiger partial charge in [0.05, 0.1) is 16.7 Å². The number of hydrogen-bond acceptors (Lipinski definition) is 2. The van der Waals surface area contributed by atoms with E-state index in [1.54, 1.807) is 0 Å². The minimum absolute atomic E-state index is 1.01. The van der Waals surface area contributed by atoms with Gasteiger partial charge in [0.2, 0.25) is 0 Å². The Morgan fingerprint density at radius 2 is 1.38 bits per heavy atom. The number of rotatable bonds is 2. The summed E-state index contributed by atoms with van der Waals surface area (Å²) in [5.41, 5.74) is 5.51. The quantitative estimate of drug-likeness (QED) is 0.291. The predicted octanol–water partition coefficient (Wildman–Crippen LogP) is 6.59. The summed E-state index contributed by atoms with van der Waals surface area (Å²) >= 11 is 0. The zero-order valence-electron chi connectivity index (χ0n) is 14.5. The normalized spacial score (nSPS) is 11.3. The molecule has 4 aromatic carbocycles. The lowest BCUT2D eigenvalue weighted by atomic mass is 10.0. The third kappa shape index (κ3) is 2.31. The molecule has 2 nitrogen and oxygen atoms in total. The van der Waals surface area contributed by atoms with Gasteiger partial charge in [-0.25, -0.2) is 4.98 Å². The zero-order valence-corrected chi connectivity index (χ0v) is 14.5. The van der Waals surface area contributed by atoms with Crippen LogP contribution in [0.1, 0.15) is 5.56 Å². The molecule has 0 saturated heterocycles. The summed E-state index contributed by atoms with van der Waals surface area (Å²) < 4.78 is 0. The highest BCUT2D eigenvalue weighted by Gasteiger charge is 2.12. The van der Waals surface area contributed by atoms with Crippen LogP contribution in [-0.4, -0.2) is 4.98 Å². The number of aryl methyl sites for hydroxylation is 1. The Labute approximate surface area is 152 Å². The molecule has 0 fully saturated rings. The lowest BCUT2D eigenvalue weighted by Crippen LogP contribution is -1.97. The van der Waals surface area contributed by atoms with E-state index in [-0.39, 0.29) is 0 Å². The van der Waals surface area contributed by atoms with Gasteiger partial charge in [0.1, 0.15) is 0 Å². The van der Waals surface area contributed by atoms with Gasteiger partial charge < -0.3 is 5.32 Å². The van der Waals surface area contributed by atoms with E-state index in [4.69, 9.17) is 4.98 Å². The molecule has 0 aliphatic heterocycles. The SMILES string of the molecule is Cc1ccccc1Nc1c2ccccc2nc2c1ccc1ccccc12. The van der Waals surface area contributed by atoms with Gasteiger partial charge in [0.15, 0.2) is 0 Å². The molecule has 2 heteroatoms. The van der Waals surface area contributed by atoms with Gasteiger partial charge in [-0.2, -0.15) is 0 Å². The molecule has 0 radical (unpaired) electrons. The van der Waals surface area contributed by atoms with Crippen LogP contribution in [0, 0.1) is 6.92 Å². The monoisotopic (exact) mass is 334 g/mol. The number of fused-ring (bicyclic) bond motifs is 4. The van der Waals surface area contributed by atoms with E-state index >= 15 is 0 Å². The third-order valence-electron chi connectivity index (χ3n) is 4.98. The highest BCUT2D eigenvalue weighted by atomic mass is 14.9. The topological polar surface area (TPSA) is 24.9 Å². The maximum Gasteiger partial charge on any atom is 0.0808 e. The van der Waals surface area contributed by atoms with Gasteiger partial charge in [0.25, 0.3) is 0 Å². The van der Waals surface area contributed by atoms with Crippen molar-refractivity contribution in [2.45, 2.75) is 6.92 Å². The van der Waals surface area contributed by atoms with Crippen LogP contribution in [0.25, 0.3) is 32.6 Å². The Hall–Kier alpha value is -3.39. The number of aromatic nitrogens is 1. The van der Waals surface area contributed by atoms with Crippen molar-refractivity contribution in [1.82, 2.24) is 4.98 Å². The van der Waals surface area contributed by atoms with E-state index in [1.807, 2.05) is 6.07 Å². The lowest BCUT2D eigenvalue weighted by Gasteiger charge is -2.16. The maximum atomic E-state index is 4.99. The van der Waals surface area contributed by atoms with Crippen LogP contribution in [0.3, 0.4) is 0 Å². The second kappa shape index (κ2) is 5.85. The number of pyridine rings is 1. The van der Waals surface area contributed by atoms with Crippen molar-refractivity contribution in [3.63, 3.8) is 0 Å². The molecule has 0 bridgehead atoms. The molecule has 1 aromatic heterocycles. The summed E-state index contributed by atoms with van der Waals surface area (Å²) in [6.07, 6.45) is 0. The Morgan fingerprint density at radius 1 is 0.654 bits per heavy atom. The molecule has 124 valence electrons. The average Bonchev–Trinajstić information content (AvgIpc) is 2.69. The molecule has 0 amide bonds. The summed E-state index contributed by atoms with van der Waals surface area (Å²) in [4.78, 5) is 4.99. The Morgan fingerprint density at radius 3 is 2.27 bits per heavy atom. The smallest absolute Gasteiger partial charge is 0.0808 e. The van der Waals surface area contributed by atoms with Gasteiger partial charge >= 0.3 is 0 Å². The second-order valence-corrected chi connectivity index (χ2v) is 6.63. The molecule has 0 aliphatic rings. The molecule has 5 rings (SSSR count). The molecular weight excluding hydrogens is 316 g/mol. The van der Waals surface area contributed by atoms with Gasteiger partial charge in [0, 0.05) is 21.8 Å². The van der Waals surface area contributed by atoms with Gasteiger partial charge in [-0.1, -0.05) is 72.8 Å². The minimum atomic E-state index is 1.01. The Kier molecular flexibility index (Phi) is 3.36. The van der Waals surface area contributed by atoms with E-state index in [1.165, 1.54) is 16.3 Å². The number of benzene rings is 4. The molecular formula is C24H18N2. The Balaban J connectivity index is 1.89. The zero-order chi connectivity index (χ0) is 17.5. The largest absolute Gasteiger partial charge is 0.354 e. The van der Waals surface area contributed by atoms with Crippen molar-refractivity contribution < 1.29 is 0 Å². The van der Waals surface area contributed by atoms with E-state index in [9.17, 15) is 0 Å². The van der Waals surface area contributed by atoms with Crippen molar-refractivity contribution in [2.75, 3.05) is 5.32 Å². The van der Waals surface area contributed by atoms with Crippen molar-refractivity contribution in [3.8, 4) is 0 Å². The number of anilines is 2. The van der Waals surface area contributed by atoms with Crippen molar-refractivity contribution in [1.29, 1.82) is 0 Å². The molecule has 1 heterocycles. The van der Waals surface area contributed by atoms with Crippen LogP contribution in [0.2, 0.25) is 0 Å². The fourth-order valence-electron chi connectivity index (χ4n) is 3.61. The van der Waals surface area contributed by atoms with Crippen LogP contribution in [0.4, 0.5) is 11.4 Å². The first-order chi connectivity index (χ1) is 12.8. The molecule has 0 spiro atoms. The summed E-state index contributed by atoms with van der Waals surface area (Å²) in [5, 5.41) is 8.36. The third-order valence-corrected chi connectivity index (χ3v) is 4.98. The summed E-state index contributed by atoms with van der Waals surface area (Å²) in [6.45, 7) is 2.13. The van der Waals surface area contributed by atoms with E-state index in [2.05, 4.69) is 91.1 Å². The van der Waals surface area contributed by atoms with Crippen LogP contribution in [-0.2, 0) is 0 Å². The molecule has 0 saturated carbocycles. The fraction of sp³-hybridized carbons (Fsp3) is 0.0417. The Bertz CT molecular complexity index is 1270. The first kappa shape index (κ1) is 14.9. The summed E-state index contributed by atoms with van der Waals surface area (Å²) in [5.74, 6) is 0. The second-order valence-electron chi connectivity index (χ2n) is 6.63. The van der Waals surface area contributed by atoms with Crippen LogP contribution in [0.15, 0.2) is 84.9 Å². The maximum absolute atomic E-state index is 4.99. The highest BCUT2D eigenvalue weighted by molar-refractivity contribution is 6.16. The number of hydrogen-bond donors (Lipinski definition) is 1. The molecule has 1 N–H and O–H groups in total. The number of nitrogens with zero attached hydrogens (tertiary/aromatic N) is 1. The fourth-order valence-corrected chi connectivity index (χ4v) is 3.61.